The van der Waals surface area contributed by atoms with Crippen molar-refractivity contribution in [3.8, 4) is 0 Å². The van der Waals surface area contributed by atoms with Gasteiger partial charge in [0.1, 0.15) is 0 Å². The monoisotopic (exact) mass is 387 g/mol. The second-order valence-corrected chi connectivity index (χ2v) is 7.61. The van der Waals surface area contributed by atoms with E-state index in [9.17, 15) is 9.59 Å². The fraction of sp³-hybridized carbons (Fsp3) is 0.900. The topological polar surface area (TPSA) is 83.1 Å². The molecule has 0 aromatic rings. The average Bonchev–Trinajstić information content (AvgIpc) is 3.04. The van der Waals surface area contributed by atoms with Gasteiger partial charge in [0, 0.05) is 24.9 Å². The Morgan fingerprint density at radius 1 is 0.852 bits per heavy atom. The molecule has 0 aromatic heterocycles. The molecule has 0 aromatic carbocycles. The molecule has 0 bridgehead atoms. The summed E-state index contributed by atoms with van der Waals surface area (Å²) in [5.74, 6) is -1.61. The molecular weight excluding hydrogens is 350 g/mol. The normalized spacial score (nSPS) is 20.3. The zero-order valence-electron chi connectivity index (χ0n) is 17.8. The number of hydrogen-bond donors (Lipinski definition) is 1. The predicted molar refractivity (Wildman–Crippen MR) is 102 cm³/mol. The molecule has 0 radical (unpaired) electrons. The van der Waals surface area contributed by atoms with Crippen LogP contribution in [0.15, 0.2) is 0 Å². The molecule has 7 heteroatoms. The summed E-state index contributed by atoms with van der Waals surface area (Å²) in [5, 5.41) is 3.31. The summed E-state index contributed by atoms with van der Waals surface area (Å²) < 4.78 is 21.4. The highest BCUT2D eigenvalue weighted by molar-refractivity contribution is 6.00. The van der Waals surface area contributed by atoms with Gasteiger partial charge in [0.25, 0.3) is 0 Å². The Morgan fingerprint density at radius 2 is 1.26 bits per heavy atom. The van der Waals surface area contributed by atoms with Crippen molar-refractivity contribution >= 4 is 11.9 Å². The highest BCUT2D eigenvalue weighted by Gasteiger charge is 2.55. The third-order valence-corrected chi connectivity index (χ3v) is 4.68. The summed E-state index contributed by atoms with van der Waals surface area (Å²) in [6, 6.07) is 1.25. The highest BCUT2D eigenvalue weighted by Crippen LogP contribution is 2.46. The Kier molecular flexibility index (Phi) is 9.70. The van der Waals surface area contributed by atoms with Crippen molar-refractivity contribution in [1.82, 2.24) is 5.32 Å². The number of rotatable bonds is 6. The maximum absolute atomic E-state index is 12.2. The van der Waals surface area contributed by atoms with Crippen molar-refractivity contribution in [2.75, 3.05) is 26.4 Å². The van der Waals surface area contributed by atoms with Crippen LogP contribution in [0.5, 0.6) is 0 Å². The molecule has 27 heavy (non-hydrogen) atoms. The molecule has 1 saturated heterocycles. The molecule has 2 fully saturated rings. The number of esters is 2. The summed E-state index contributed by atoms with van der Waals surface area (Å²) in [4.78, 5) is 24.5. The first-order chi connectivity index (χ1) is 12.7. The minimum absolute atomic E-state index is 0.248. The van der Waals surface area contributed by atoms with E-state index in [0.29, 0.717) is 51.0 Å². The summed E-state index contributed by atoms with van der Waals surface area (Å²) in [5.41, 5.74) is -1.20. The van der Waals surface area contributed by atoms with Crippen molar-refractivity contribution in [3.05, 3.63) is 0 Å². The van der Waals surface area contributed by atoms with E-state index in [0.717, 1.165) is 0 Å². The second kappa shape index (κ2) is 11.0. The van der Waals surface area contributed by atoms with Gasteiger partial charge in [-0.25, -0.2) is 0 Å². The molecule has 1 aliphatic heterocycles. The largest absolute Gasteiger partial charge is 0.465 e. The van der Waals surface area contributed by atoms with Gasteiger partial charge < -0.3 is 24.3 Å². The first-order valence-corrected chi connectivity index (χ1v) is 10.1. The molecule has 1 heterocycles. The van der Waals surface area contributed by atoms with Crippen molar-refractivity contribution in [2.45, 2.75) is 85.1 Å². The fourth-order valence-electron chi connectivity index (χ4n) is 3.54. The lowest BCUT2D eigenvalue weighted by Crippen LogP contribution is -2.49. The molecule has 2 rings (SSSR count). The lowest BCUT2D eigenvalue weighted by Gasteiger charge is -2.40. The summed E-state index contributed by atoms with van der Waals surface area (Å²) in [7, 11) is 0. The molecule has 7 nitrogen and oxygen atoms in total. The van der Waals surface area contributed by atoms with Gasteiger partial charge in [-0.15, -0.1) is 0 Å². The smallest absolute Gasteiger partial charge is 0.323 e. The molecule has 158 valence electrons. The maximum atomic E-state index is 12.2. The lowest BCUT2D eigenvalue weighted by molar-refractivity contribution is -0.206. The van der Waals surface area contributed by atoms with E-state index in [4.69, 9.17) is 18.9 Å². The van der Waals surface area contributed by atoms with Gasteiger partial charge in [-0.1, -0.05) is 27.7 Å². The van der Waals surface area contributed by atoms with Crippen LogP contribution in [-0.4, -0.2) is 56.2 Å². The Labute approximate surface area is 163 Å². The Morgan fingerprint density at radius 3 is 1.56 bits per heavy atom. The van der Waals surface area contributed by atoms with Crippen molar-refractivity contribution in [2.24, 2.45) is 5.41 Å². The van der Waals surface area contributed by atoms with E-state index in [2.05, 4.69) is 33.0 Å². The Balaban J connectivity index is 0.000000445. The summed E-state index contributed by atoms with van der Waals surface area (Å²) in [6.45, 7) is 13.7. The molecule has 1 spiro atoms. The Hall–Kier alpha value is -1.18. The molecule has 2 aliphatic rings. The summed E-state index contributed by atoms with van der Waals surface area (Å²) in [6.07, 6.45) is 1.69. The number of carbonyl (C=O) groups excluding carboxylic acids is 2. The van der Waals surface area contributed by atoms with E-state index < -0.39 is 23.1 Å². The van der Waals surface area contributed by atoms with Crippen molar-refractivity contribution in [1.29, 1.82) is 0 Å². The third-order valence-electron chi connectivity index (χ3n) is 4.68. The Bertz CT molecular complexity index is 435. The zero-order chi connectivity index (χ0) is 20.5. The van der Waals surface area contributed by atoms with Crippen LogP contribution in [0.4, 0.5) is 0 Å². The number of nitrogens with one attached hydrogen (secondary N) is 1. The van der Waals surface area contributed by atoms with Crippen LogP contribution in [-0.2, 0) is 28.5 Å². The maximum Gasteiger partial charge on any atom is 0.323 e. The van der Waals surface area contributed by atoms with Crippen LogP contribution in [0.3, 0.4) is 0 Å². The molecule has 0 amide bonds. The molecule has 1 aliphatic carbocycles. The van der Waals surface area contributed by atoms with Crippen LogP contribution >= 0.6 is 0 Å². The van der Waals surface area contributed by atoms with Gasteiger partial charge in [0.15, 0.2) is 11.2 Å². The third kappa shape index (κ3) is 6.73. The van der Waals surface area contributed by atoms with E-state index >= 15 is 0 Å². The molecule has 0 unspecified atom stereocenters. The highest BCUT2D eigenvalue weighted by atomic mass is 16.7. The van der Waals surface area contributed by atoms with Gasteiger partial charge in [-0.3, -0.25) is 9.59 Å². The average molecular weight is 388 g/mol. The van der Waals surface area contributed by atoms with Gasteiger partial charge >= 0.3 is 11.9 Å². The molecular formula is C20H37NO6. The van der Waals surface area contributed by atoms with E-state index in [1.807, 2.05) is 0 Å². The van der Waals surface area contributed by atoms with Crippen LogP contribution in [0.25, 0.3) is 0 Å². The lowest BCUT2D eigenvalue weighted by atomic mass is 9.71. The second-order valence-electron chi connectivity index (χ2n) is 7.61. The van der Waals surface area contributed by atoms with E-state index in [1.54, 1.807) is 13.8 Å². The van der Waals surface area contributed by atoms with Crippen molar-refractivity contribution < 1.29 is 28.5 Å². The van der Waals surface area contributed by atoms with Gasteiger partial charge in [-0.2, -0.15) is 0 Å². The molecule has 1 N–H and O–H groups in total. The summed E-state index contributed by atoms with van der Waals surface area (Å²) >= 11 is 0. The SMILES string of the molecule is CC(C)NC(C)C.CCOC(=O)C1(C(=O)OCC)CCC2(CC1)OCCO2. The van der Waals surface area contributed by atoms with E-state index in [-0.39, 0.29) is 13.2 Å². The quantitative estimate of drug-likeness (QED) is 0.554. The van der Waals surface area contributed by atoms with E-state index in [1.165, 1.54) is 0 Å². The molecule has 1 saturated carbocycles. The van der Waals surface area contributed by atoms with Gasteiger partial charge in [0.2, 0.25) is 0 Å². The van der Waals surface area contributed by atoms with Crippen LogP contribution in [0, 0.1) is 5.41 Å². The number of ether oxygens (including phenoxy) is 4. The first-order valence-electron chi connectivity index (χ1n) is 10.1. The number of carbonyl (C=O) groups is 2. The van der Waals surface area contributed by atoms with Crippen LogP contribution in [0.2, 0.25) is 0 Å². The predicted octanol–water partition coefficient (Wildman–Crippen LogP) is 2.81. The van der Waals surface area contributed by atoms with Gasteiger partial charge in [0.05, 0.1) is 26.4 Å². The number of hydrogen-bond acceptors (Lipinski definition) is 7. The first kappa shape index (κ1) is 23.9. The van der Waals surface area contributed by atoms with Gasteiger partial charge in [-0.05, 0) is 26.7 Å². The van der Waals surface area contributed by atoms with Crippen LogP contribution < -0.4 is 5.32 Å². The minimum Gasteiger partial charge on any atom is -0.465 e. The van der Waals surface area contributed by atoms with Crippen molar-refractivity contribution in [3.63, 3.8) is 0 Å². The standard InChI is InChI=1S/C14H22O6.C6H15N/c1-3-17-11(15)13(12(16)18-4-2)5-7-14(8-6-13)19-9-10-20-14;1-5(2)7-6(3)4/h3-10H2,1-2H3;5-7H,1-4H3. The molecule has 0 atom stereocenters. The zero-order valence-corrected chi connectivity index (χ0v) is 17.8. The fourth-order valence-corrected chi connectivity index (χ4v) is 3.54. The van der Waals surface area contributed by atoms with Crippen LogP contribution in [0.1, 0.15) is 67.2 Å². The minimum atomic E-state index is -1.20.